The van der Waals surface area contributed by atoms with E-state index in [1.807, 2.05) is 11.8 Å². The molecule has 0 saturated carbocycles. The van der Waals surface area contributed by atoms with Crippen molar-refractivity contribution < 1.29 is 0 Å². The van der Waals surface area contributed by atoms with Gasteiger partial charge in [-0.2, -0.15) is 11.8 Å². The normalized spacial score (nSPS) is 13.3. The number of thioether (sulfide) groups is 1. The molecule has 0 aliphatic rings. The molecule has 1 rings (SSSR count). The minimum absolute atomic E-state index is 0.555. The van der Waals surface area contributed by atoms with Gasteiger partial charge in [0.05, 0.1) is 10.7 Å². The molecule has 92 valence electrons. The SMILES string of the molecule is CCNC(CSC(C)C)Cc1csc(C)n1. The first kappa shape index (κ1) is 14.0. The lowest BCUT2D eigenvalue weighted by Gasteiger charge is -2.17. The van der Waals surface area contributed by atoms with E-state index in [1.54, 1.807) is 11.3 Å². The van der Waals surface area contributed by atoms with Gasteiger partial charge in [-0.15, -0.1) is 11.3 Å². The lowest BCUT2D eigenvalue weighted by Crippen LogP contribution is -2.33. The molecule has 1 unspecified atom stereocenters. The molecule has 1 N–H and O–H groups in total. The van der Waals surface area contributed by atoms with Gasteiger partial charge in [0.2, 0.25) is 0 Å². The maximum Gasteiger partial charge on any atom is 0.0897 e. The van der Waals surface area contributed by atoms with E-state index in [4.69, 9.17) is 0 Å². The summed E-state index contributed by atoms with van der Waals surface area (Å²) in [5.74, 6) is 1.17. The zero-order valence-electron chi connectivity index (χ0n) is 10.6. The molecule has 0 saturated heterocycles. The second kappa shape index (κ2) is 7.30. The molecule has 0 aliphatic heterocycles. The molecule has 1 atom stereocenters. The zero-order chi connectivity index (χ0) is 12.0. The molecular formula is C12H22N2S2. The van der Waals surface area contributed by atoms with Crippen LogP contribution in [0.5, 0.6) is 0 Å². The van der Waals surface area contributed by atoms with E-state index >= 15 is 0 Å². The maximum atomic E-state index is 4.53. The quantitative estimate of drug-likeness (QED) is 0.813. The summed E-state index contributed by atoms with van der Waals surface area (Å²) in [5.41, 5.74) is 1.23. The summed E-state index contributed by atoms with van der Waals surface area (Å²) in [5, 5.41) is 7.59. The second-order valence-electron chi connectivity index (χ2n) is 4.20. The van der Waals surface area contributed by atoms with Crippen molar-refractivity contribution in [1.82, 2.24) is 10.3 Å². The number of rotatable bonds is 7. The molecule has 0 radical (unpaired) electrons. The Hall–Kier alpha value is -0.0600. The molecule has 0 aliphatic carbocycles. The molecule has 1 aromatic rings. The Balaban J connectivity index is 2.43. The molecule has 16 heavy (non-hydrogen) atoms. The fourth-order valence-corrected chi connectivity index (χ4v) is 3.02. The third kappa shape index (κ3) is 5.32. The predicted molar refractivity (Wildman–Crippen MR) is 75.6 cm³/mol. The second-order valence-corrected chi connectivity index (χ2v) is 6.87. The lowest BCUT2D eigenvalue weighted by atomic mass is 10.2. The van der Waals surface area contributed by atoms with E-state index in [2.05, 4.69) is 43.4 Å². The Bertz CT molecular complexity index is 297. The van der Waals surface area contributed by atoms with Crippen LogP contribution in [-0.2, 0) is 6.42 Å². The molecule has 0 bridgehead atoms. The minimum atomic E-state index is 0.555. The lowest BCUT2D eigenvalue weighted by molar-refractivity contribution is 0.567. The number of nitrogens with one attached hydrogen (secondary N) is 1. The van der Waals surface area contributed by atoms with Gasteiger partial charge < -0.3 is 5.32 Å². The Morgan fingerprint density at radius 1 is 1.50 bits per heavy atom. The van der Waals surface area contributed by atoms with Gasteiger partial charge in [-0.1, -0.05) is 20.8 Å². The monoisotopic (exact) mass is 258 g/mol. The van der Waals surface area contributed by atoms with Crippen LogP contribution in [0.15, 0.2) is 5.38 Å². The molecular weight excluding hydrogens is 236 g/mol. The first-order chi connectivity index (χ1) is 7.61. The standard InChI is InChI=1S/C12H22N2S2/c1-5-13-11(7-15-9(2)3)6-12-8-16-10(4)14-12/h8-9,11,13H,5-7H2,1-4H3. The number of nitrogens with zero attached hydrogens (tertiary/aromatic N) is 1. The highest BCUT2D eigenvalue weighted by atomic mass is 32.2. The van der Waals surface area contributed by atoms with Crippen molar-refractivity contribution in [2.75, 3.05) is 12.3 Å². The van der Waals surface area contributed by atoms with E-state index in [1.165, 1.54) is 16.5 Å². The highest BCUT2D eigenvalue weighted by Gasteiger charge is 2.11. The topological polar surface area (TPSA) is 24.9 Å². The summed E-state index contributed by atoms with van der Waals surface area (Å²) in [6.07, 6.45) is 1.05. The smallest absolute Gasteiger partial charge is 0.0897 e. The summed E-state index contributed by atoms with van der Waals surface area (Å²) >= 11 is 3.76. The van der Waals surface area contributed by atoms with Gasteiger partial charge in [0.15, 0.2) is 0 Å². The molecule has 0 aromatic carbocycles. The average molecular weight is 258 g/mol. The molecule has 0 fully saturated rings. The van der Waals surface area contributed by atoms with Crippen molar-refractivity contribution in [1.29, 1.82) is 0 Å². The van der Waals surface area contributed by atoms with Crippen LogP contribution in [0.1, 0.15) is 31.5 Å². The van der Waals surface area contributed by atoms with Gasteiger partial charge in [-0.3, -0.25) is 0 Å². The van der Waals surface area contributed by atoms with Crippen molar-refractivity contribution in [2.45, 2.75) is 45.4 Å². The highest BCUT2D eigenvalue weighted by Crippen LogP contribution is 2.15. The van der Waals surface area contributed by atoms with Gasteiger partial charge in [0.1, 0.15) is 0 Å². The summed E-state index contributed by atoms with van der Waals surface area (Å²) < 4.78 is 0. The Morgan fingerprint density at radius 2 is 2.25 bits per heavy atom. The number of aromatic nitrogens is 1. The van der Waals surface area contributed by atoms with Crippen molar-refractivity contribution in [3.63, 3.8) is 0 Å². The largest absolute Gasteiger partial charge is 0.313 e. The molecule has 1 heterocycles. The number of hydrogen-bond donors (Lipinski definition) is 1. The number of aryl methyl sites for hydroxylation is 1. The summed E-state index contributed by atoms with van der Waals surface area (Å²) in [6, 6.07) is 0.555. The van der Waals surface area contributed by atoms with Crippen molar-refractivity contribution in [3.05, 3.63) is 16.1 Å². The predicted octanol–water partition coefficient (Wildman–Crippen LogP) is 3.11. The van der Waals surface area contributed by atoms with Crippen molar-refractivity contribution >= 4 is 23.1 Å². The fraction of sp³-hybridized carbons (Fsp3) is 0.750. The van der Waals surface area contributed by atoms with E-state index in [0.717, 1.165) is 13.0 Å². The van der Waals surface area contributed by atoms with E-state index in [9.17, 15) is 0 Å². The molecule has 1 aromatic heterocycles. The zero-order valence-corrected chi connectivity index (χ0v) is 12.3. The van der Waals surface area contributed by atoms with Gasteiger partial charge in [0, 0.05) is 23.6 Å². The van der Waals surface area contributed by atoms with Crippen LogP contribution in [0.2, 0.25) is 0 Å². The number of likely N-dealkylation sites (N-methyl/N-ethyl adjacent to an activating group) is 1. The molecule has 4 heteroatoms. The van der Waals surface area contributed by atoms with Crippen molar-refractivity contribution in [3.8, 4) is 0 Å². The first-order valence-corrected chi connectivity index (χ1v) is 7.80. The third-order valence-electron chi connectivity index (χ3n) is 2.25. The number of hydrogen-bond acceptors (Lipinski definition) is 4. The van der Waals surface area contributed by atoms with E-state index in [-0.39, 0.29) is 0 Å². The molecule has 0 spiro atoms. The fourth-order valence-electron chi connectivity index (χ4n) is 1.54. The van der Waals surface area contributed by atoms with Crippen LogP contribution in [-0.4, -0.2) is 28.6 Å². The van der Waals surface area contributed by atoms with Crippen LogP contribution >= 0.6 is 23.1 Å². The van der Waals surface area contributed by atoms with E-state index in [0.29, 0.717) is 11.3 Å². The van der Waals surface area contributed by atoms with Gasteiger partial charge >= 0.3 is 0 Å². The van der Waals surface area contributed by atoms with Gasteiger partial charge in [-0.05, 0) is 18.7 Å². The van der Waals surface area contributed by atoms with Crippen LogP contribution in [0.25, 0.3) is 0 Å². The van der Waals surface area contributed by atoms with E-state index < -0.39 is 0 Å². The Kier molecular flexibility index (Phi) is 6.39. The Labute approximate surface area is 107 Å². The first-order valence-electron chi connectivity index (χ1n) is 5.87. The van der Waals surface area contributed by atoms with Crippen LogP contribution in [0, 0.1) is 6.92 Å². The maximum absolute atomic E-state index is 4.53. The summed E-state index contributed by atoms with van der Waals surface area (Å²) in [4.78, 5) is 4.53. The van der Waals surface area contributed by atoms with Crippen LogP contribution in [0.4, 0.5) is 0 Å². The number of thiazole rings is 1. The van der Waals surface area contributed by atoms with Gasteiger partial charge in [-0.25, -0.2) is 4.98 Å². The van der Waals surface area contributed by atoms with Gasteiger partial charge in [0.25, 0.3) is 0 Å². The van der Waals surface area contributed by atoms with Crippen molar-refractivity contribution in [2.24, 2.45) is 0 Å². The highest BCUT2D eigenvalue weighted by molar-refractivity contribution is 7.99. The molecule has 2 nitrogen and oxygen atoms in total. The summed E-state index contributed by atoms with van der Waals surface area (Å²) in [7, 11) is 0. The third-order valence-corrected chi connectivity index (χ3v) is 4.33. The minimum Gasteiger partial charge on any atom is -0.313 e. The van der Waals surface area contributed by atoms with Crippen LogP contribution < -0.4 is 5.32 Å². The summed E-state index contributed by atoms with van der Waals surface area (Å²) in [6.45, 7) is 9.77. The van der Waals surface area contributed by atoms with Crippen LogP contribution in [0.3, 0.4) is 0 Å². The average Bonchev–Trinajstić information content (AvgIpc) is 2.61. The Morgan fingerprint density at radius 3 is 2.75 bits per heavy atom. The molecule has 0 amide bonds.